The number of aromatic hydroxyl groups is 1. The van der Waals surface area contributed by atoms with Crippen LogP contribution in [0.3, 0.4) is 0 Å². The number of hydrogen-bond donors (Lipinski definition) is 1. The molecule has 0 bridgehead atoms. The minimum absolute atomic E-state index is 0.368. The lowest BCUT2D eigenvalue weighted by Crippen LogP contribution is -1.68. The zero-order valence-electron chi connectivity index (χ0n) is 10.8. The normalized spacial score (nSPS) is 13.8. The zero-order chi connectivity index (χ0) is 13.1. The molecule has 1 aromatic rings. The van der Waals surface area contributed by atoms with Gasteiger partial charge in [0.2, 0.25) is 0 Å². The minimum atomic E-state index is 0.368. The van der Waals surface area contributed by atoms with Crippen LogP contribution in [-0.2, 0) is 0 Å². The summed E-state index contributed by atoms with van der Waals surface area (Å²) in [5, 5.41) is 8.92. The Morgan fingerprint density at radius 1 is 0.778 bits per heavy atom. The third-order valence-electron chi connectivity index (χ3n) is 2.43. The summed E-state index contributed by atoms with van der Waals surface area (Å²) in [5.41, 5.74) is 0.924. The molecular weight excluding hydrogens is 220 g/mol. The van der Waals surface area contributed by atoms with Gasteiger partial charge in [0.25, 0.3) is 0 Å². The number of hydrogen-bond acceptors (Lipinski definition) is 1. The van der Waals surface area contributed by atoms with Crippen LogP contribution in [0.2, 0.25) is 0 Å². The van der Waals surface area contributed by atoms with Crippen LogP contribution in [0.25, 0.3) is 0 Å². The first-order valence-electron chi connectivity index (χ1n) is 6.18. The quantitative estimate of drug-likeness (QED) is 0.696. The van der Waals surface area contributed by atoms with Crippen molar-refractivity contribution in [2.24, 2.45) is 0 Å². The summed E-state index contributed by atoms with van der Waals surface area (Å²) in [6, 6.07) is 7.25. The van der Waals surface area contributed by atoms with E-state index in [0.717, 1.165) is 18.4 Å². The maximum Gasteiger partial charge on any atom is 0.118 e. The van der Waals surface area contributed by atoms with Gasteiger partial charge >= 0.3 is 0 Å². The average Bonchev–Trinajstić information content (AvgIpc) is 3.11. The highest BCUT2D eigenvalue weighted by molar-refractivity contribution is 5.29. The van der Waals surface area contributed by atoms with Crippen molar-refractivity contribution < 1.29 is 5.11 Å². The van der Waals surface area contributed by atoms with Gasteiger partial charge in [-0.3, -0.25) is 0 Å². The Kier molecular flexibility index (Phi) is 7.07. The number of allylic oxidation sites excluding steroid dienone is 8. The second-order valence-electron chi connectivity index (χ2n) is 3.97. The van der Waals surface area contributed by atoms with Crippen LogP contribution in [0, 0.1) is 6.92 Å². The highest BCUT2D eigenvalue weighted by atomic mass is 16.3. The molecule has 0 amide bonds. The molecule has 18 heavy (non-hydrogen) atoms. The smallest absolute Gasteiger partial charge is 0.118 e. The average molecular weight is 240 g/mol. The van der Waals surface area contributed by atoms with E-state index in [1.807, 2.05) is 25.1 Å². The second-order valence-corrected chi connectivity index (χ2v) is 3.97. The van der Waals surface area contributed by atoms with Gasteiger partial charge < -0.3 is 5.11 Å². The SMILES string of the molecule is C1=CCC=C1.C1=CCC=C1.Cc1ccccc1O. The summed E-state index contributed by atoms with van der Waals surface area (Å²) in [6.45, 7) is 1.87. The number of rotatable bonds is 0. The van der Waals surface area contributed by atoms with Crippen molar-refractivity contribution in [3.63, 3.8) is 0 Å². The number of para-hydroxylation sites is 1. The van der Waals surface area contributed by atoms with Crippen molar-refractivity contribution >= 4 is 0 Å². The third-order valence-corrected chi connectivity index (χ3v) is 2.43. The molecule has 0 saturated heterocycles. The Bertz CT molecular complexity index is 387. The monoisotopic (exact) mass is 240 g/mol. The summed E-state index contributed by atoms with van der Waals surface area (Å²) in [7, 11) is 0. The second kappa shape index (κ2) is 9.06. The molecule has 0 radical (unpaired) electrons. The molecule has 0 unspecified atom stereocenters. The summed E-state index contributed by atoms with van der Waals surface area (Å²) in [4.78, 5) is 0. The number of aryl methyl sites for hydroxylation is 1. The molecule has 2 aliphatic carbocycles. The molecule has 1 heteroatoms. The minimum Gasteiger partial charge on any atom is -0.508 e. The van der Waals surface area contributed by atoms with Crippen molar-refractivity contribution in [2.45, 2.75) is 19.8 Å². The highest BCUT2D eigenvalue weighted by Crippen LogP contribution is 2.12. The first-order valence-corrected chi connectivity index (χ1v) is 6.18. The molecule has 0 saturated carbocycles. The van der Waals surface area contributed by atoms with Crippen molar-refractivity contribution in [1.82, 2.24) is 0 Å². The summed E-state index contributed by atoms with van der Waals surface area (Å²) >= 11 is 0. The molecule has 0 aliphatic heterocycles. The molecule has 0 fully saturated rings. The van der Waals surface area contributed by atoms with E-state index in [4.69, 9.17) is 5.11 Å². The largest absolute Gasteiger partial charge is 0.508 e. The molecule has 0 atom stereocenters. The van der Waals surface area contributed by atoms with Crippen LogP contribution in [0.4, 0.5) is 0 Å². The maximum atomic E-state index is 8.92. The Morgan fingerprint density at radius 3 is 1.44 bits per heavy atom. The lowest BCUT2D eigenvalue weighted by atomic mass is 10.2. The molecule has 0 aromatic heterocycles. The lowest BCUT2D eigenvalue weighted by Gasteiger charge is -1.92. The number of benzene rings is 1. The first kappa shape index (κ1) is 14.0. The molecule has 0 spiro atoms. The molecule has 1 N–H and O–H groups in total. The van der Waals surface area contributed by atoms with Crippen LogP contribution in [0.5, 0.6) is 5.75 Å². The third kappa shape index (κ3) is 6.54. The first-order chi connectivity index (χ1) is 8.80. The van der Waals surface area contributed by atoms with Crippen molar-refractivity contribution in [2.75, 3.05) is 0 Å². The summed E-state index contributed by atoms with van der Waals surface area (Å²) < 4.78 is 0. The van der Waals surface area contributed by atoms with E-state index in [9.17, 15) is 0 Å². The Labute approximate surface area is 109 Å². The van der Waals surface area contributed by atoms with Crippen LogP contribution < -0.4 is 0 Å². The highest BCUT2D eigenvalue weighted by Gasteiger charge is 1.87. The van der Waals surface area contributed by atoms with Crippen molar-refractivity contribution in [1.29, 1.82) is 0 Å². The van der Waals surface area contributed by atoms with Gasteiger partial charge in [-0.15, -0.1) is 0 Å². The van der Waals surface area contributed by atoms with Crippen LogP contribution in [-0.4, -0.2) is 5.11 Å². The summed E-state index contributed by atoms with van der Waals surface area (Å²) in [5.74, 6) is 0.368. The van der Waals surface area contributed by atoms with E-state index in [2.05, 4.69) is 48.6 Å². The van der Waals surface area contributed by atoms with E-state index in [-0.39, 0.29) is 0 Å². The molecule has 0 heterocycles. The van der Waals surface area contributed by atoms with Gasteiger partial charge in [0.1, 0.15) is 5.75 Å². The van der Waals surface area contributed by atoms with Gasteiger partial charge in [-0.1, -0.05) is 66.8 Å². The standard InChI is InChI=1S/C7H8O.2C5H6/c1-6-4-2-3-5-7(6)8;2*1-2-4-5-3-1/h2-5,8H,1H3;2*1-4H,5H2. The molecule has 94 valence electrons. The molecular formula is C17H20O. The predicted octanol–water partition coefficient (Wildman–Crippen LogP) is 4.71. The Hall–Kier alpha value is -2.02. The number of phenolic OH excluding ortho intramolecular Hbond substituents is 1. The van der Waals surface area contributed by atoms with E-state index in [1.54, 1.807) is 6.07 Å². The van der Waals surface area contributed by atoms with Gasteiger partial charge in [-0.05, 0) is 31.4 Å². The van der Waals surface area contributed by atoms with Gasteiger partial charge in [-0.25, -0.2) is 0 Å². The zero-order valence-corrected chi connectivity index (χ0v) is 10.8. The fourth-order valence-electron chi connectivity index (χ4n) is 1.35. The van der Waals surface area contributed by atoms with E-state index < -0.39 is 0 Å². The fourth-order valence-corrected chi connectivity index (χ4v) is 1.35. The summed E-state index contributed by atoms with van der Waals surface area (Å²) in [6.07, 6.45) is 19.0. The topological polar surface area (TPSA) is 20.2 Å². The van der Waals surface area contributed by atoms with Gasteiger partial charge in [0.15, 0.2) is 0 Å². The molecule has 1 aromatic carbocycles. The molecule has 1 nitrogen and oxygen atoms in total. The maximum absolute atomic E-state index is 8.92. The van der Waals surface area contributed by atoms with E-state index in [1.165, 1.54) is 0 Å². The van der Waals surface area contributed by atoms with Crippen LogP contribution >= 0.6 is 0 Å². The van der Waals surface area contributed by atoms with Gasteiger partial charge in [-0.2, -0.15) is 0 Å². The number of phenols is 1. The van der Waals surface area contributed by atoms with Gasteiger partial charge in [0, 0.05) is 0 Å². The molecule has 3 rings (SSSR count). The van der Waals surface area contributed by atoms with Crippen LogP contribution in [0.15, 0.2) is 72.9 Å². The van der Waals surface area contributed by atoms with E-state index >= 15 is 0 Å². The van der Waals surface area contributed by atoms with Gasteiger partial charge in [0.05, 0.1) is 0 Å². The van der Waals surface area contributed by atoms with Crippen molar-refractivity contribution in [3.05, 3.63) is 78.4 Å². The lowest BCUT2D eigenvalue weighted by molar-refractivity contribution is 0.471. The van der Waals surface area contributed by atoms with E-state index in [0.29, 0.717) is 5.75 Å². The Morgan fingerprint density at radius 2 is 1.22 bits per heavy atom. The Balaban J connectivity index is 0.000000141. The predicted molar refractivity (Wildman–Crippen MR) is 78.6 cm³/mol. The molecule has 2 aliphatic rings. The van der Waals surface area contributed by atoms with Crippen molar-refractivity contribution in [3.8, 4) is 5.75 Å². The van der Waals surface area contributed by atoms with Crippen LogP contribution in [0.1, 0.15) is 18.4 Å². The fraction of sp³-hybridized carbons (Fsp3) is 0.176.